The maximum absolute atomic E-state index is 13.9. The number of piperidine rings is 1. The zero-order chi connectivity index (χ0) is 27.2. The van der Waals surface area contributed by atoms with Crippen LogP contribution in [-0.2, 0) is 16.0 Å². The molecule has 2 aliphatic heterocycles. The van der Waals surface area contributed by atoms with E-state index < -0.39 is 0 Å². The lowest BCUT2D eigenvalue weighted by atomic mass is 9.62. The molecule has 1 aromatic carbocycles. The maximum atomic E-state index is 13.9. The van der Waals surface area contributed by atoms with Crippen molar-refractivity contribution in [1.82, 2.24) is 20.9 Å². The van der Waals surface area contributed by atoms with Gasteiger partial charge in [0.05, 0.1) is 6.04 Å². The first-order chi connectivity index (χ1) is 18.1. The molecule has 0 aromatic heterocycles. The predicted molar refractivity (Wildman–Crippen MR) is 150 cm³/mol. The second-order valence-electron chi connectivity index (χ2n) is 13.1. The molecule has 1 aromatic rings. The van der Waals surface area contributed by atoms with Crippen LogP contribution in [0.1, 0.15) is 90.5 Å². The van der Waals surface area contributed by atoms with Gasteiger partial charge in [0.1, 0.15) is 5.82 Å². The largest absolute Gasteiger partial charge is 0.351 e. The number of nitrogens with zero attached hydrogens (tertiary/aromatic N) is 1. The molecule has 212 valence electrons. The van der Waals surface area contributed by atoms with Gasteiger partial charge in [-0.25, -0.2) is 4.39 Å². The number of likely N-dealkylation sites (tertiary alicyclic amines) is 1. The molecule has 0 radical (unpaired) electrons. The van der Waals surface area contributed by atoms with Crippen molar-refractivity contribution in [3.8, 4) is 0 Å². The lowest BCUT2D eigenvalue weighted by molar-refractivity contribution is -0.138. The fourth-order valence-electron chi connectivity index (χ4n) is 6.94. The Morgan fingerprint density at radius 1 is 1.05 bits per heavy atom. The second-order valence-corrected chi connectivity index (χ2v) is 13.1. The Kier molecular flexibility index (Phi) is 9.85. The molecule has 3 aliphatic rings. The standard InChI is InChI=1S/C31H49FN4O2/c1-30(2,3)35-28(37)21-31(24-8-5-4-6-9-24)15-18-36(19-16-31)29(38)27(34-22-26-10-7-17-33-26)20-23-11-13-25(32)14-12-23/h11-14,24,26-27,33-34H,4-10,15-22H2,1-3H3,(H,35,37)/t26?,27-/m1/s1. The van der Waals surface area contributed by atoms with E-state index in [0.29, 0.717) is 37.9 Å². The van der Waals surface area contributed by atoms with Gasteiger partial charge in [-0.05, 0) is 101 Å². The van der Waals surface area contributed by atoms with Gasteiger partial charge in [-0.2, -0.15) is 0 Å². The molecule has 1 aliphatic carbocycles. The molecular formula is C31H49FN4O2. The van der Waals surface area contributed by atoms with E-state index in [1.54, 1.807) is 12.1 Å². The maximum Gasteiger partial charge on any atom is 0.240 e. The number of carbonyl (C=O) groups is 2. The van der Waals surface area contributed by atoms with E-state index in [4.69, 9.17) is 0 Å². The summed E-state index contributed by atoms with van der Waals surface area (Å²) in [5, 5.41) is 10.3. The molecule has 0 bridgehead atoms. The molecule has 0 spiro atoms. The highest BCUT2D eigenvalue weighted by molar-refractivity contribution is 5.82. The molecule has 2 atom stereocenters. The first-order valence-electron chi connectivity index (χ1n) is 14.9. The Bertz CT molecular complexity index is 909. The Morgan fingerprint density at radius 3 is 2.34 bits per heavy atom. The lowest BCUT2D eigenvalue weighted by Crippen LogP contribution is -2.55. The van der Waals surface area contributed by atoms with Gasteiger partial charge in [0, 0.05) is 37.6 Å². The van der Waals surface area contributed by atoms with Gasteiger partial charge in [-0.15, -0.1) is 0 Å². The SMILES string of the molecule is CC(C)(C)NC(=O)CC1(C2CCCCC2)CCN(C(=O)[C@@H](Cc2ccc(F)cc2)NCC2CCCN2)CC1. The van der Waals surface area contributed by atoms with Gasteiger partial charge in [0.15, 0.2) is 0 Å². The van der Waals surface area contributed by atoms with Crippen LogP contribution in [0.15, 0.2) is 24.3 Å². The van der Waals surface area contributed by atoms with Gasteiger partial charge < -0.3 is 20.9 Å². The minimum absolute atomic E-state index is 0.0276. The monoisotopic (exact) mass is 528 g/mol. The van der Waals surface area contributed by atoms with Crippen LogP contribution in [-0.4, -0.2) is 60.5 Å². The number of hydrogen-bond donors (Lipinski definition) is 3. The number of benzene rings is 1. The highest BCUT2D eigenvalue weighted by atomic mass is 19.1. The molecule has 38 heavy (non-hydrogen) atoms. The summed E-state index contributed by atoms with van der Waals surface area (Å²) in [5.74, 6) is 0.567. The Hall–Kier alpha value is -1.99. The number of nitrogens with one attached hydrogen (secondary N) is 3. The quantitative estimate of drug-likeness (QED) is 0.439. The van der Waals surface area contributed by atoms with E-state index in [-0.39, 0.29) is 34.6 Å². The smallest absolute Gasteiger partial charge is 0.240 e. The van der Waals surface area contributed by atoms with Gasteiger partial charge in [0.2, 0.25) is 11.8 Å². The second kappa shape index (κ2) is 12.9. The number of carbonyl (C=O) groups excluding carboxylic acids is 2. The number of halogens is 1. The summed E-state index contributed by atoms with van der Waals surface area (Å²) in [4.78, 5) is 29.0. The first kappa shape index (κ1) is 29.0. The number of rotatable bonds is 9. The van der Waals surface area contributed by atoms with Gasteiger partial charge >= 0.3 is 0 Å². The van der Waals surface area contributed by atoms with Gasteiger partial charge in [0.25, 0.3) is 0 Å². The third-order valence-corrected chi connectivity index (χ3v) is 8.99. The average molecular weight is 529 g/mol. The van der Waals surface area contributed by atoms with Gasteiger partial charge in [-0.3, -0.25) is 9.59 Å². The molecule has 2 heterocycles. The summed E-state index contributed by atoms with van der Waals surface area (Å²) < 4.78 is 13.5. The molecule has 2 saturated heterocycles. The van der Waals surface area contributed by atoms with Crippen molar-refractivity contribution in [2.75, 3.05) is 26.2 Å². The molecule has 1 unspecified atom stereocenters. The molecule has 3 fully saturated rings. The lowest BCUT2D eigenvalue weighted by Gasteiger charge is -2.48. The minimum atomic E-state index is -0.339. The minimum Gasteiger partial charge on any atom is -0.351 e. The van der Waals surface area contributed by atoms with Crippen LogP contribution < -0.4 is 16.0 Å². The van der Waals surface area contributed by atoms with Crippen LogP contribution >= 0.6 is 0 Å². The van der Waals surface area contributed by atoms with Crippen LogP contribution in [0.25, 0.3) is 0 Å². The topological polar surface area (TPSA) is 73.5 Å². The molecule has 3 N–H and O–H groups in total. The van der Waals surface area contributed by atoms with E-state index in [1.807, 2.05) is 25.7 Å². The first-order valence-corrected chi connectivity index (χ1v) is 14.9. The number of hydrogen-bond acceptors (Lipinski definition) is 4. The molecule has 2 amide bonds. The van der Waals surface area contributed by atoms with E-state index in [2.05, 4.69) is 16.0 Å². The summed E-state index contributed by atoms with van der Waals surface area (Å²) in [6.45, 7) is 9.28. The van der Waals surface area contributed by atoms with Crippen molar-refractivity contribution >= 4 is 11.8 Å². The Labute approximate surface area is 228 Å². The van der Waals surface area contributed by atoms with Crippen LogP contribution in [0, 0.1) is 17.2 Å². The van der Waals surface area contributed by atoms with E-state index in [0.717, 1.165) is 37.9 Å². The third-order valence-electron chi connectivity index (χ3n) is 8.99. The molecule has 1 saturated carbocycles. The Balaban J connectivity index is 1.44. The van der Waals surface area contributed by atoms with Crippen molar-refractivity contribution in [2.45, 2.75) is 109 Å². The molecule has 6 nitrogen and oxygen atoms in total. The van der Waals surface area contributed by atoms with Gasteiger partial charge in [-0.1, -0.05) is 31.4 Å². The normalized spacial score (nSPS) is 23.3. The van der Waals surface area contributed by atoms with Crippen molar-refractivity contribution in [3.63, 3.8) is 0 Å². The zero-order valence-electron chi connectivity index (χ0n) is 23.8. The van der Waals surface area contributed by atoms with E-state index in [9.17, 15) is 14.0 Å². The zero-order valence-corrected chi connectivity index (χ0v) is 23.8. The van der Waals surface area contributed by atoms with Crippen LogP contribution in [0.5, 0.6) is 0 Å². The fraction of sp³-hybridized carbons (Fsp3) is 0.742. The molecular weight excluding hydrogens is 479 g/mol. The average Bonchev–Trinajstić information content (AvgIpc) is 3.41. The number of amides is 2. The highest BCUT2D eigenvalue weighted by Gasteiger charge is 2.44. The van der Waals surface area contributed by atoms with Crippen LogP contribution in [0.4, 0.5) is 4.39 Å². The van der Waals surface area contributed by atoms with Crippen LogP contribution in [0.2, 0.25) is 0 Å². The summed E-state index contributed by atoms with van der Waals surface area (Å²) >= 11 is 0. The third kappa shape index (κ3) is 8.01. The Morgan fingerprint density at radius 2 is 1.74 bits per heavy atom. The van der Waals surface area contributed by atoms with Crippen molar-refractivity contribution < 1.29 is 14.0 Å². The van der Waals surface area contributed by atoms with E-state index >= 15 is 0 Å². The summed E-state index contributed by atoms with van der Waals surface area (Å²) in [5.41, 5.74) is 0.693. The van der Waals surface area contributed by atoms with Crippen molar-refractivity contribution in [2.24, 2.45) is 11.3 Å². The van der Waals surface area contributed by atoms with Crippen molar-refractivity contribution in [1.29, 1.82) is 0 Å². The summed E-state index contributed by atoms with van der Waals surface area (Å²) in [6, 6.07) is 6.55. The van der Waals surface area contributed by atoms with Crippen molar-refractivity contribution in [3.05, 3.63) is 35.6 Å². The summed E-state index contributed by atoms with van der Waals surface area (Å²) in [6.07, 6.45) is 11.3. The molecule has 7 heteroatoms. The predicted octanol–water partition coefficient (Wildman–Crippen LogP) is 4.57. The van der Waals surface area contributed by atoms with E-state index in [1.165, 1.54) is 50.7 Å². The van der Waals surface area contributed by atoms with Crippen LogP contribution in [0.3, 0.4) is 0 Å². The summed E-state index contributed by atoms with van der Waals surface area (Å²) in [7, 11) is 0. The fourth-order valence-corrected chi connectivity index (χ4v) is 6.94. The molecule has 4 rings (SSSR count). The highest BCUT2D eigenvalue weighted by Crippen LogP contribution is 2.48.